The summed E-state index contributed by atoms with van der Waals surface area (Å²) in [4.78, 5) is 3.84. The van der Waals surface area contributed by atoms with E-state index in [1.807, 2.05) is 17.8 Å². The van der Waals surface area contributed by atoms with Crippen molar-refractivity contribution in [3.63, 3.8) is 0 Å². The molecule has 0 saturated carbocycles. The van der Waals surface area contributed by atoms with Gasteiger partial charge in [0.1, 0.15) is 0 Å². The largest absolute Gasteiger partial charge is 0.399 e. The molecule has 0 amide bonds. The van der Waals surface area contributed by atoms with Crippen molar-refractivity contribution in [3.05, 3.63) is 18.2 Å². The predicted molar refractivity (Wildman–Crippen MR) is 72.7 cm³/mol. The van der Waals surface area contributed by atoms with Crippen LogP contribution in [0.2, 0.25) is 0 Å². The van der Waals surface area contributed by atoms with E-state index < -0.39 is 0 Å². The maximum Gasteiger partial charge on any atom is 0.0525 e. The summed E-state index contributed by atoms with van der Waals surface area (Å²) in [6.07, 6.45) is 1.20. The lowest BCUT2D eigenvalue weighted by Gasteiger charge is -2.32. The Morgan fingerprint density at radius 1 is 1.47 bits per heavy atom. The molecular formula is C13H18N2OS. The molecule has 0 bridgehead atoms. The third kappa shape index (κ3) is 2.38. The quantitative estimate of drug-likeness (QED) is 0.817. The second-order valence-electron chi connectivity index (χ2n) is 4.75. The maximum absolute atomic E-state index is 5.89. The van der Waals surface area contributed by atoms with Gasteiger partial charge < -0.3 is 15.4 Å². The molecule has 1 aromatic rings. The Bertz CT molecular complexity index is 404. The Kier molecular flexibility index (Phi) is 3.16. The highest BCUT2D eigenvalue weighted by molar-refractivity contribution is 7.99. The van der Waals surface area contributed by atoms with Crippen LogP contribution in [0.4, 0.5) is 11.4 Å². The van der Waals surface area contributed by atoms with Crippen molar-refractivity contribution in [2.24, 2.45) is 5.92 Å². The lowest BCUT2D eigenvalue weighted by molar-refractivity contribution is 0.186. The minimum Gasteiger partial charge on any atom is -0.399 e. The maximum atomic E-state index is 5.89. The molecule has 1 fully saturated rings. The lowest BCUT2D eigenvalue weighted by atomic mass is 10.1. The van der Waals surface area contributed by atoms with Gasteiger partial charge in [0.15, 0.2) is 0 Å². The van der Waals surface area contributed by atoms with Gasteiger partial charge in [0.25, 0.3) is 0 Å². The Morgan fingerprint density at radius 3 is 3.24 bits per heavy atom. The first-order chi connectivity index (χ1) is 8.33. The summed E-state index contributed by atoms with van der Waals surface area (Å²) in [7, 11) is 0. The number of nitrogens with two attached hydrogens (primary N) is 1. The highest BCUT2D eigenvalue weighted by atomic mass is 32.2. The van der Waals surface area contributed by atoms with Crippen molar-refractivity contribution in [1.29, 1.82) is 0 Å². The zero-order valence-electron chi connectivity index (χ0n) is 9.89. The summed E-state index contributed by atoms with van der Waals surface area (Å²) < 4.78 is 5.45. The molecule has 4 heteroatoms. The average molecular weight is 250 g/mol. The Labute approximate surface area is 106 Å². The molecule has 0 radical (unpaired) electrons. The van der Waals surface area contributed by atoms with Crippen LogP contribution in [0.15, 0.2) is 23.1 Å². The molecule has 2 aliphatic rings. The minimum atomic E-state index is 0.687. The van der Waals surface area contributed by atoms with E-state index in [9.17, 15) is 0 Å². The molecular weight excluding hydrogens is 232 g/mol. The fourth-order valence-electron chi connectivity index (χ4n) is 2.52. The molecule has 0 aliphatic carbocycles. The van der Waals surface area contributed by atoms with E-state index in [1.165, 1.54) is 22.8 Å². The van der Waals surface area contributed by atoms with Crippen LogP contribution in [0, 0.1) is 5.92 Å². The molecule has 92 valence electrons. The van der Waals surface area contributed by atoms with Gasteiger partial charge >= 0.3 is 0 Å². The van der Waals surface area contributed by atoms with Gasteiger partial charge in [-0.1, -0.05) is 0 Å². The monoisotopic (exact) mass is 250 g/mol. The van der Waals surface area contributed by atoms with Gasteiger partial charge in [-0.25, -0.2) is 0 Å². The number of nitrogens with zero attached hydrogens (tertiary/aromatic N) is 1. The fraction of sp³-hybridized carbons (Fsp3) is 0.538. The number of hydrogen-bond acceptors (Lipinski definition) is 4. The fourth-order valence-corrected chi connectivity index (χ4v) is 3.55. The zero-order chi connectivity index (χ0) is 11.7. The number of benzene rings is 1. The highest BCUT2D eigenvalue weighted by Gasteiger charge is 2.23. The van der Waals surface area contributed by atoms with Crippen molar-refractivity contribution in [3.8, 4) is 0 Å². The van der Waals surface area contributed by atoms with E-state index in [0.717, 1.165) is 32.0 Å². The molecule has 2 aliphatic heterocycles. The molecule has 2 N–H and O–H groups in total. The van der Waals surface area contributed by atoms with Crippen LogP contribution >= 0.6 is 11.8 Å². The number of thioether (sulfide) groups is 1. The second-order valence-corrected chi connectivity index (χ2v) is 5.89. The lowest BCUT2D eigenvalue weighted by Crippen LogP contribution is -2.34. The molecule has 3 nitrogen and oxygen atoms in total. The van der Waals surface area contributed by atoms with Crippen LogP contribution in [-0.4, -0.2) is 32.1 Å². The Balaban J connectivity index is 1.80. The molecule has 2 heterocycles. The number of anilines is 2. The van der Waals surface area contributed by atoms with Gasteiger partial charge in [0.05, 0.1) is 12.3 Å². The van der Waals surface area contributed by atoms with Gasteiger partial charge in [0.2, 0.25) is 0 Å². The van der Waals surface area contributed by atoms with E-state index in [1.54, 1.807) is 0 Å². The summed E-state index contributed by atoms with van der Waals surface area (Å²) >= 11 is 1.93. The third-order valence-corrected chi connectivity index (χ3v) is 4.49. The molecule has 1 unspecified atom stereocenters. The van der Waals surface area contributed by atoms with Gasteiger partial charge in [-0.3, -0.25) is 0 Å². The van der Waals surface area contributed by atoms with Crippen LogP contribution < -0.4 is 10.6 Å². The molecule has 1 atom stereocenters. The van der Waals surface area contributed by atoms with Crippen molar-refractivity contribution >= 4 is 23.1 Å². The van der Waals surface area contributed by atoms with Gasteiger partial charge in [-0.05, 0) is 24.6 Å². The smallest absolute Gasteiger partial charge is 0.0525 e. The number of rotatable bonds is 2. The number of ether oxygens (including phenoxy) is 1. The van der Waals surface area contributed by atoms with Crippen LogP contribution in [0.1, 0.15) is 6.42 Å². The van der Waals surface area contributed by atoms with Crippen LogP contribution in [0.5, 0.6) is 0 Å². The second kappa shape index (κ2) is 4.78. The van der Waals surface area contributed by atoms with Gasteiger partial charge in [-0.2, -0.15) is 0 Å². The number of nitrogen functional groups attached to an aromatic ring is 1. The van der Waals surface area contributed by atoms with Crippen molar-refractivity contribution in [1.82, 2.24) is 0 Å². The molecule has 0 aromatic heterocycles. The Hall–Kier alpha value is -0.870. The first kappa shape index (κ1) is 11.2. The topological polar surface area (TPSA) is 38.5 Å². The summed E-state index contributed by atoms with van der Waals surface area (Å²) in [5.41, 5.74) is 8.06. The summed E-state index contributed by atoms with van der Waals surface area (Å²) in [5.74, 6) is 1.86. The van der Waals surface area contributed by atoms with E-state index in [0.29, 0.717) is 5.92 Å². The first-order valence-electron chi connectivity index (χ1n) is 6.18. The van der Waals surface area contributed by atoms with Crippen LogP contribution in [0.3, 0.4) is 0 Å². The Morgan fingerprint density at radius 2 is 2.41 bits per heavy atom. The minimum absolute atomic E-state index is 0.687. The highest BCUT2D eigenvalue weighted by Crippen LogP contribution is 2.36. The van der Waals surface area contributed by atoms with Gasteiger partial charge in [-0.15, -0.1) is 11.8 Å². The average Bonchev–Trinajstić information content (AvgIpc) is 2.83. The van der Waals surface area contributed by atoms with Crippen LogP contribution in [-0.2, 0) is 4.74 Å². The predicted octanol–water partition coefficient (Wildman–Crippen LogP) is 2.22. The third-order valence-electron chi connectivity index (χ3n) is 3.45. The zero-order valence-corrected chi connectivity index (χ0v) is 10.7. The van der Waals surface area contributed by atoms with Crippen LogP contribution in [0.25, 0.3) is 0 Å². The van der Waals surface area contributed by atoms with E-state index in [4.69, 9.17) is 10.5 Å². The van der Waals surface area contributed by atoms with Crippen molar-refractivity contribution in [2.75, 3.05) is 42.7 Å². The van der Waals surface area contributed by atoms with E-state index >= 15 is 0 Å². The molecule has 0 spiro atoms. The SMILES string of the molecule is Nc1ccc2c(c1)N(CC1CCOC1)CCS2. The summed E-state index contributed by atoms with van der Waals surface area (Å²) in [6.45, 7) is 4.08. The first-order valence-corrected chi connectivity index (χ1v) is 7.16. The van der Waals surface area contributed by atoms with Gasteiger partial charge in [0, 0.05) is 42.0 Å². The molecule has 3 rings (SSSR count). The molecule has 1 aromatic carbocycles. The summed E-state index contributed by atoms with van der Waals surface area (Å²) in [6, 6.07) is 6.25. The molecule has 1 saturated heterocycles. The standard InChI is InChI=1S/C13H18N2OS/c14-11-1-2-13-12(7-11)15(4-6-17-13)8-10-3-5-16-9-10/h1-2,7,10H,3-6,8-9,14H2. The number of hydrogen-bond donors (Lipinski definition) is 1. The number of fused-ring (bicyclic) bond motifs is 1. The normalized spacial score (nSPS) is 23.8. The summed E-state index contributed by atoms with van der Waals surface area (Å²) in [5, 5.41) is 0. The van der Waals surface area contributed by atoms with E-state index in [-0.39, 0.29) is 0 Å². The van der Waals surface area contributed by atoms with Crippen molar-refractivity contribution in [2.45, 2.75) is 11.3 Å². The van der Waals surface area contributed by atoms with E-state index in [2.05, 4.69) is 17.0 Å². The van der Waals surface area contributed by atoms with Crippen molar-refractivity contribution < 1.29 is 4.74 Å². The molecule has 17 heavy (non-hydrogen) atoms.